The van der Waals surface area contributed by atoms with Gasteiger partial charge in [0, 0.05) is 0 Å². The minimum absolute atomic E-state index is 0.572. The second kappa shape index (κ2) is 5.34. The zero-order chi connectivity index (χ0) is 12.2. The Morgan fingerprint density at radius 3 is 2.44 bits per heavy atom. The highest BCUT2D eigenvalue weighted by Crippen LogP contribution is 2.30. The van der Waals surface area contributed by atoms with Gasteiger partial charge in [-0.25, -0.2) is 0 Å². The topological polar surface area (TPSA) is 12.0 Å². The van der Waals surface area contributed by atoms with Gasteiger partial charge in [-0.15, -0.1) is 0 Å². The smallest absolute Gasteiger partial charge is 0.317 e. The SMILES string of the molecule is CCNCCc1ccc(C(F)(F)F)cc1C. The van der Waals surface area contributed by atoms with Gasteiger partial charge in [-0.1, -0.05) is 13.0 Å². The molecule has 0 aliphatic heterocycles. The highest BCUT2D eigenvalue weighted by atomic mass is 19.4. The normalized spacial score (nSPS) is 11.8. The fourth-order valence-corrected chi connectivity index (χ4v) is 1.55. The Hall–Kier alpha value is -1.03. The van der Waals surface area contributed by atoms with Crippen LogP contribution in [0.2, 0.25) is 0 Å². The minimum atomic E-state index is -4.25. The fourth-order valence-electron chi connectivity index (χ4n) is 1.55. The molecule has 1 nitrogen and oxygen atoms in total. The van der Waals surface area contributed by atoms with E-state index in [1.54, 1.807) is 13.0 Å². The lowest BCUT2D eigenvalue weighted by Gasteiger charge is -2.11. The highest BCUT2D eigenvalue weighted by molar-refractivity contribution is 5.32. The van der Waals surface area contributed by atoms with E-state index in [0.717, 1.165) is 31.1 Å². The van der Waals surface area contributed by atoms with Crippen molar-refractivity contribution in [2.45, 2.75) is 26.4 Å². The Labute approximate surface area is 93.7 Å². The van der Waals surface area contributed by atoms with E-state index in [1.165, 1.54) is 6.07 Å². The molecule has 0 radical (unpaired) electrons. The van der Waals surface area contributed by atoms with E-state index in [-0.39, 0.29) is 0 Å². The van der Waals surface area contributed by atoms with Gasteiger partial charge in [-0.05, 0) is 49.7 Å². The zero-order valence-electron chi connectivity index (χ0n) is 9.49. The first-order chi connectivity index (χ1) is 7.45. The van der Waals surface area contributed by atoms with Crippen LogP contribution < -0.4 is 5.32 Å². The van der Waals surface area contributed by atoms with Crippen molar-refractivity contribution < 1.29 is 13.2 Å². The lowest BCUT2D eigenvalue weighted by Crippen LogP contribution is -2.16. The molecule has 1 aromatic carbocycles. The Balaban J connectivity index is 2.76. The summed E-state index contributed by atoms with van der Waals surface area (Å²) < 4.78 is 37.2. The molecule has 1 aromatic rings. The van der Waals surface area contributed by atoms with Crippen LogP contribution in [0.4, 0.5) is 13.2 Å². The van der Waals surface area contributed by atoms with Crippen molar-refractivity contribution >= 4 is 0 Å². The summed E-state index contributed by atoms with van der Waals surface area (Å²) in [5.74, 6) is 0. The molecule has 0 saturated carbocycles. The van der Waals surface area contributed by atoms with E-state index < -0.39 is 11.7 Å². The number of likely N-dealkylation sites (N-methyl/N-ethyl adjacent to an activating group) is 1. The van der Waals surface area contributed by atoms with Crippen LogP contribution in [-0.2, 0) is 12.6 Å². The summed E-state index contributed by atoms with van der Waals surface area (Å²) in [7, 11) is 0. The van der Waals surface area contributed by atoms with Crippen LogP contribution in [0.15, 0.2) is 18.2 Å². The molecule has 0 aliphatic rings. The summed E-state index contributed by atoms with van der Waals surface area (Å²) in [6.07, 6.45) is -3.48. The molecule has 1 N–H and O–H groups in total. The molecule has 0 bridgehead atoms. The summed E-state index contributed by atoms with van der Waals surface area (Å²) in [6.45, 7) is 5.39. The predicted molar refractivity (Wildman–Crippen MR) is 58.4 cm³/mol. The van der Waals surface area contributed by atoms with Gasteiger partial charge in [-0.2, -0.15) is 13.2 Å². The molecule has 0 unspecified atom stereocenters. The monoisotopic (exact) mass is 231 g/mol. The third-order valence-electron chi connectivity index (χ3n) is 2.49. The lowest BCUT2D eigenvalue weighted by molar-refractivity contribution is -0.137. The van der Waals surface area contributed by atoms with E-state index in [1.807, 2.05) is 6.92 Å². The number of benzene rings is 1. The first kappa shape index (κ1) is 13.0. The zero-order valence-corrected chi connectivity index (χ0v) is 9.49. The van der Waals surface area contributed by atoms with Gasteiger partial charge in [0.05, 0.1) is 5.56 Å². The summed E-state index contributed by atoms with van der Waals surface area (Å²) in [6, 6.07) is 3.92. The van der Waals surface area contributed by atoms with Gasteiger partial charge in [0.2, 0.25) is 0 Å². The molecule has 0 spiro atoms. The molecule has 0 aliphatic carbocycles. The van der Waals surface area contributed by atoms with Crippen LogP contribution in [0, 0.1) is 6.92 Å². The molecule has 0 saturated heterocycles. The lowest BCUT2D eigenvalue weighted by atomic mass is 10.0. The van der Waals surface area contributed by atoms with Crippen molar-refractivity contribution in [2.24, 2.45) is 0 Å². The number of halogens is 3. The molecular formula is C12H16F3N. The van der Waals surface area contributed by atoms with Crippen LogP contribution in [0.5, 0.6) is 0 Å². The van der Waals surface area contributed by atoms with Gasteiger partial charge >= 0.3 is 6.18 Å². The maximum absolute atomic E-state index is 12.4. The number of nitrogens with one attached hydrogen (secondary N) is 1. The second-order valence-corrected chi connectivity index (χ2v) is 3.74. The largest absolute Gasteiger partial charge is 0.416 e. The quantitative estimate of drug-likeness (QED) is 0.785. The Bertz CT molecular complexity index is 345. The summed E-state index contributed by atoms with van der Waals surface area (Å²) >= 11 is 0. The number of hydrogen-bond acceptors (Lipinski definition) is 1. The maximum Gasteiger partial charge on any atom is 0.416 e. The van der Waals surface area contributed by atoms with Crippen molar-refractivity contribution in [3.63, 3.8) is 0 Å². The van der Waals surface area contributed by atoms with E-state index in [2.05, 4.69) is 5.32 Å². The molecule has 90 valence electrons. The minimum Gasteiger partial charge on any atom is -0.317 e. The third-order valence-corrected chi connectivity index (χ3v) is 2.49. The Morgan fingerprint density at radius 1 is 1.25 bits per heavy atom. The molecular weight excluding hydrogens is 215 g/mol. The van der Waals surface area contributed by atoms with Crippen LogP contribution in [0.25, 0.3) is 0 Å². The van der Waals surface area contributed by atoms with Crippen molar-refractivity contribution in [1.29, 1.82) is 0 Å². The Morgan fingerprint density at radius 2 is 1.94 bits per heavy atom. The van der Waals surface area contributed by atoms with Gasteiger partial charge in [0.15, 0.2) is 0 Å². The van der Waals surface area contributed by atoms with Crippen LogP contribution in [0.1, 0.15) is 23.6 Å². The number of alkyl halides is 3. The summed E-state index contributed by atoms with van der Waals surface area (Å²) in [5.41, 5.74) is 1.10. The van der Waals surface area contributed by atoms with Crippen molar-refractivity contribution in [2.75, 3.05) is 13.1 Å². The van der Waals surface area contributed by atoms with Crippen molar-refractivity contribution in [3.05, 3.63) is 34.9 Å². The molecule has 0 heterocycles. The average molecular weight is 231 g/mol. The maximum atomic E-state index is 12.4. The van der Waals surface area contributed by atoms with Gasteiger partial charge in [-0.3, -0.25) is 0 Å². The van der Waals surface area contributed by atoms with Gasteiger partial charge in [0.25, 0.3) is 0 Å². The molecule has 0 aromatic heterocycles. The van der Waals surface area contributed by atoms with Crippen LogP contribution >= 0.6 is 0 Å². The molecule has 16 heavy (non-hydrogen) atoms. The van der Waals surface area contributed by atoms with Crippen molar-refractivity contribution in [1.82, 2.24) is 5.32 Å². The standard InChI is InChI=1S/C12H16F3N/c1-3-16-7-6-10-4-5-11(8-9(10)2)12(13,14)15/h4-5,8,16H,3,6-7H2,1-2H3. The molecule has 4 heteroatoms. The first-order valence-corrected chi connectivity index (χ1v) is 5.32. The van der Waals surface area contributed by atoms with E-state index in [0.29, 0.717) is 5.56 Å². The van der Waals surface area contributed by atoms with Crippen LogP contribution in [-0.4, -0.2) is 13.1 Å². The van der Waals surface area contributed by atoms with Gasteiger partial charge in [0.1, 0.15) is 0 Å². The first-order valence-electron chi connectivity index (χ1n) is 5.32. The van der Waals surface area contributed by atoms with E-state index >= 15 is 0 Å². The second-order valence-electron chi connectivity index (χ2n) is 3.74. The number of aryl methyl sites for hydroxylation is 1. The molecule has 1 rings (SSSR count). The fraction of sp³-hybridized carbons (Fsp3) is 0.500. The van der Waals surface area contributed by atoms with Gasteiger partial charge < -0.3 is 5.32 Å². The number of hydrogen-bond donors (Lipinski definition) is 1. The Kier molecular flexibility index (Phi) is 4.35. The number of rotatable bonds is 4. The highest BCUT2D eigenvalue weighted by Gasteiger charge is 2.30. The average Bonchev–Trinajstić information content (AvgIpc) is 2.19. The summed E-state index contributed by atoms with van der Waals surface area (Å²) in [5, 5.41) is 3.15. The summed E-state index contributed by atoms with van der Waals surface area (Å²) in [4.78, 5) is 0. The molecule has 0 amide bonds. The van der Waals surface area contributed by atoms with E-state index in [4.69, 9.17) is 0 Å². The van der Waals surface area contributed by atoms with Crippen LogP contribution in [0.3, 0.4) is 0 Å². The predicted octanol–water partition coefficient (Wildman–Crippen LogP) is 3.17. The van der Waals surface area contributed by atoms with Crippen molar-refractivity contribution in [3.8, 4) is 0 Å². The molecule has 0 fully saturated rings. The third kappa shape index (κ3) is 3.52. The molecule has 0 atom stereocenters. The van der Waals surface area contributed by atoms with E-state index in [9.17, 15) is 13.2 Å².